The zero-order chi connectivity index (χ0) is 14.0. The number of carbonyl (C=O) groups excluding carboxylic acids is 1. The highest BCUT2D eigenvalue weighted by Gasteiger charge is 2.12. The van der Waals surface area contributed by atoms with Gasteiger partial charge in [-0.25, -0.2) is 4.39 Å². The molecule has 2 N–H and O–H groups in total. The van der Waals surface area contributed by atoms with Crippen LogP contribution in [0, 0.1) is 19.7 Å². The van der Waals surface area contributed by atoms with Crippen molar-refractivity contribution in [2.75, 3.05) is 5.32 Å². The molecule has 0 saturated carbocycles. The van der Waals surface area contributed by atoms with Crippen LogP contribution in [0.5, 0.6) is 0 Å². The second-order valence-electron chi connectivity index (χ2n) is 4.31. The van der Waals surface area contributed by atoms with Gasteiger partial charge in [0, 0.05) is 23.6 Å². The molecule has 0 aliphatic carbocycles. The summed E-state index contributed by atoms with van der Waals surface area (Å²) in [7, 11) is 0. The maximum Gasteiger partial charge on any atom is 0.261 e. The van der Waals surface area contributed by atoms with Gasteiger partial charge in [0.1, 0.15) is 11.4 Å². The van der Waals surface area contributed by atoms with Crippen molar-refractivity contribution in [1.29, 1.82) is 0 Å². The minimum atomic E-state index is -0.560. The molecular formula is C14H13FN2O2. The molecule has 2 aromatic rings. The second kappa shape index (κ2) is 5.06. The average molecular weight is 260 g/mol. The Hall–Kier alpha value is -2.43. The molecular weight excluding hydrogens is 247 g/mol. The number of aromatic nitrogens is 1. The van der Waals surface area contributed by atoms with E-state index >= 15 is 0 Å². The van der Waals surface area contributed by atoms with E-state index in [9.17, 15) is 14.0 Å². The van der Waals surface area contributed by atoms with E-state index in [2.05, 4.69) is 10.3 Å². The van der Waals surface area contributed by atoms with Gasteiger partial charge in [0.2, 0.25) is 0 Å². The van der Waals surface area contributed by atoms with E-state index in [-0.39, 0.29) is 11.0 Å². The Morgan fingerprint density at radius 1 is 1.26 bits per heavy atom. The summed E-state index contributed by atoms with van der Waals surface area (Å²) in [5.74, 6) is -1.01. The van der Waals surface area contributed by atoms with Crippen LogP contribution in [-0.2, 0) is 0 Å². The van der Waals surface area contributed by atoms with Gasteiger partial charge in [-0.1, -0.05) is 6.07 Å². The van der Waals surface area contributed by atoms with Crippen LogP contribution in [0.1, 0.15) is 21.6 Å². The predicted octanol–water partition coefficient (Wildman–Crippen LogP) is 2.38. The molecule has 0 aliphatic rings. The molecule has 1 heterocycles. The molecule has 0 atom stereocenters. The Bertz CT molecular complexity index is 692. The quantitative estimate of drug-likeness (QED) is 0.870. The van der Waals surface area contributed by atoms with E-state index in [4.69, 9.17) is 0 Å². The lowest BCUT2D eigenvalue weighted by atomic mass is 10.1. The number of pyridine rings is 1. The Balaban J connectivity index is 2.31. The van der Waals surface area contributed by atoms with E-state index in [1.54, 1.807) is 19.9 Å². The standard InChI is InChI=1S/C14H13FN2O2/c1-8-3-4-10(15)6-12(8)17-14(19)11-7-16-9(2)5-13(11)18/h3-7H,1-2H3,(H,16,18)(H,17,19). The third-order valence-electron chi connectivity index (χ3n) is 2.75. The molecule has 0 spiro atoms. The minimum Gasteiger partial charge on any atom is -0.364 e. The second-order valence-corrected chi connectivity index (χ2v) is 4.31. The van der Waals surface area contributed by atoms with E-state index < -0.39 is 11.7 Å². The molecule has 4 nitrogen and oxygen atoms in total. The Morgan fingerprint density at radius 3 is 2.68 bits per heavy atom. The molecule has 5 heteroatoms. The molecule has 0 bridgehead atoms. The number of carbonyl (C=O) groups is 1. The summed E-state index contributed by atoms with van der Waals surface area (Å²) in [5, 5.41) is 2.53. The number of anilines is 1. The molecule has 19 heavy (non-hydrogen) atoms. The van der Waals surface area contributed by atoms with Gasteiger partial charge in [-0.3, -0.25) is 9.59 Å². The van der Waals surface area contributed by atoms with Crippen LogP contribution in [0.3, 0.4) is 0 Å². The van der Waals surface area contributed by atoms with Crippen molar-refractivity contribution in [2.45, 2.75) is 13.8 Å². The van der Waals surface area contributed by atoms with Crippen LogP contribution in [0.4, 0.5) is 10.1 Å². The predicted molar refractivity (Wildman–Crippen MR) is 70.9 cm³/mol. The lowest BCUT2D eigenvalue weighted by Gasteiger charge is -2.08. The van der Waals surface area contributed by atoms with Gasteiger partial charge in [-0.05, 0) is 31.5 Å². The number of aromatic amines is 1. The summed E-state index contributed by atoms with van der Waals surface area (Å²) in [6.45, 7) is 3.47. The zero-order valence-electron chi connectivity index (χ0n) is 10.6. The van der Waals surface area contributed by atoms with Crippen molar-refractivity contribution in [2.24, 2.45) is 0 Å². The molecule has 0 unspecified atom stereocenters. The summed E-state index contributed by atoms with van der Waals surface area (Å²) >= 11 is 0. The topological polar surface area (TPSA) is 62.0 Å². The highest BCUT2D eigenvalue weighted by molar-refractivity contribution is 6.04. The van der Waals surface area contributed by atoms with Crippen molar-refractivity contribution in [1.82, 2.24) is 4.98 Å². The third kappa shape index (κ3) is 2.88. The fourth-order valence-electron chi connectivity index (χ4n) is 1.67. The number of hydrogen-bond donors (Lipinski definition) is 2. The van der Waals surface area contributed by atoms with Crippen LogP contribution in [0.15, 0.2) is 35.3 Å². The SMILES string of the molecule is Cc1cc(=O)c(C(=O)Nc2cc(F)ccc2C)c[nH]1. The molecule has 1 amide bonds. The monoisotopic (exact) mass is 260 g/mol. The number of H-pyrrole nitrogens is 1. The van der Waals surface area contributed by atoms with Crippen LogP contribution in [0.2, 0.25) is 0 Å². The molecule has 1 aromatic heterocycles. The van der Waals surface area contributed by atoms with Gasteiger partial charge in [0.15, 0.2) is 5.43 Å². The number of hydrogen-bond acceptors (Lipinski definition) is 2. The van der Waals surface area contributed by atoms with Crippen molar-refractivity contribution in [3.05, 3.63) is 63.3 Å². The van der Waals surface area contributed by atoms with Crippen molar-refractivity contribution < 1.29 is 9.18 Å². The lowest BCUT2D eigenvalue weighted by Crippen LogP contribution is -2.22. The van der Waals surface area contributed by atoms with Gasteiger partial charge in [-0.15, -0.1) is 0 Å². The van der Waals surface area contributed by atoms with Crippen LogP contribution < -0.4 is 10.7 Å². The normalized spacial score (nSPS) is 10.3. The van der Waals surface area contributed by atoms with Crippen molar-refractivity contribution in [3.8, 4) is 0 Å². The lowest BCUT2D eigenvalue weighted by molar-refractivity contribution is 0.102. The first kappa shape index (κ1) is 13.0. The summed E-state index contributed by atoms with van der Waals surface area (Å²) in [6.07, 6.45) is 1.35. The Kier molecular flexibility index (Phi) is 3.46. The van der Waals surface area contributed by atoms with E-state index in [1.807, 2.05) is 0 Å². The Morgan fingerprint density at radius 2 is 2.00 bits per heavy atom. The molecule has 0 saturated heterocycles. The molecule has 1 aromatic carbocycles. The summed E-state index contributed by atoms with van der Waals surface area (Å²) in [6, 6.07) is 5.43. The number of rotatable bonds is 2. The average Bonchev–Trinajstić information content (AvgIpc) is 2.33. The third-order valence-corrected chi connectivity index (χ3v) is 2.75. The Labute approximate surface area is 109 Å². The van der Waals surface area contributed by atoms with Crippen molar-refractivity contribution >= 4 is 11.6 Å². The molecule has 0 aliphatic heterocycles. The largest absolute Gasteiger partial charge is 0.364 e. The number of amides is 1. The molecule has 0 radical (unpaired) electrons. The fraction of sp³-hybridized carbons (Fsp3) is 0.143. The van der Waals surface area contributed by atoms with Gasteiger partial charge >= 0.3 is 0 Å². The number of halogens is 1. The van der Waals surface area contributed by atoms with Gasteiger partial charge in [0.05, 0.1) is 0 Å². The highest BCUT2D eigenvalue weighted by Crippen LogP contribution is 2.16. The maximum absolute atomic E-state index is 13.1. The summed E-state index contributed by atoms with van der Waals surface area (Å²) in [5.41, 5.74) is 1.36. The molecule has 0 fully saturated rings. The first-order valence-electron chi connectivity index (χ1n) is 5.74. The van der Waals surface area contributed by atoms with E-state index in [1.165, 1.54) is 24.4 Å². The number of aryl methyl sites for hydroxylation is 2. The first-order chi connectivity index (χ1) is 8.97. The van der Waals surface area contributed by atoms with Gasteiger partial charge in [0.25, 0.3) is 5.91 Å². The maximum atomic E-state index is 13.1. The molecule has 2 rings (SSSR count). The highest BCUT2D eigenvalue weighted by atomic mass is 19.1. The minimum absolute atomic E-state index is 0.00531. The van der Waals surface area contributed by atoms with Crippen LogP contribution >= 0.6 is 0 Å². The van der Waals surface area contributed by atoms with Gasteiger partial charge in [-0.2, -0.15) is 0 Å². The van der Waals surface area contributed by atoms with Crippen molar-refractivity contribution in [3.63, 3.8) is 0 Å². The smallest absolute Gasteiger partial charge is 0.261 e. The van der Waals surface area contributed by atoms with E-state index in [0.29, 0.717) is 11.4 Å². The number of nitrogens with one attached hydrogen (secondary N) is 2. The molecule has 98 valence electrons. The van der Waals surface area contributed by atoms with Crippen LogP contribution in [0.25, 0.3) is 0 Å². The van der Waals surface area contributed by atoms with Crippen LogP contribution in [-0.4, -0.2) is 10.9 Å². The number of benzene rings is 1. The first-order valence-corrected chi connectivity index (χ1v) is 5.74. The fourth-order valence-corrected chi connectivity index (χ4v) is 1.67. The summed E-state index contributed by atoms with van der Waals surface area (Å²) in [4.78, 5) is 26.4. The summed E-state index contributed by atoms with van der Waals surface area (Å²) < 4.78 is 13.1. The van der Waals surface area contributed by atoms with E-state index in [0.717, 1.165) is 5.56 Å². The van der Waals surface area contributed by atoms with Gasteiger partial charge < -0.3 is 10.3 Å². The zero-order valence-corrected chi connectivity index (χ0v) is 10.6.